The zero-order chi connectivity index (χ0) is 11.9. The minimum atomic E-state index is -0.270. The third kappa shape index (κ3) is 3.23. The summed E-state index contributed by atoms with van der Waals surface area (Å²) in [7, 11) is -0.270. The van der Waals surface area contributed by atoms with E-state index in [0.29, 0.717) is 6.61 Å². The van der Waals surface area contributed by atoms with E-state index in [-0.39, 0.29) is 14.6 Å². The molecule has 0 saturated carbocycles. The standard InChI is InChI=1S/C14H13O2P/c15-17-16-11-14(12-7-3-1-4-8-12)13-9-5-2-6-10-13/h1-10,14H,11H2. The van der Waals surface area contributed by atoms with Crippen LogP contribution in [0.3, 0.4) is 0 Å². The Kier molecular flexibility index (Phi) is 4.43. The van der Waals surface area contributed by atoms with Gasteiger partial charge in [0.15, 0.2) is 0 Å². The monoisotopic (exact) mass is 244 g/mol. The highest BCUT2D eigenvalue weighted by atomic mass is 31.1. The first-order valence-electron chi connectivity index (χ1n) is 5.46. The van der Waals surface area contributed by atoms with Gasteiger partial charge < -0.3 is 0 Å². The van der Waals surface area contributed by atoms with Crippen molar-refractivity contribution in [2.24, 2.45) is 0 Å². The fourth-order valence-electron chi connectivity index (χ4n) is 1.86. The van der Waals surface area contributed by atoms with Gasteiger partial charge in [0.2, 0.25) is 0 Å². The fraction of sp³-hybridized carbons (Fsp3) is 0.143. The lowest BCUT2D eigenvalue weighted by Crippen LogP contribution is -2.06. The summed E-state index contributed by atoms with van der Waals surface area (Å²) in [4.78, 5) is 0. The van der Waals surface area contributed by atoms with Crippen molar-refractivity contribution in [3.05, 3.63) is 71.8 Å². The lowest BCUT2D eigenvalue weighted by atomic mass is 9.92. The normalized spacial score (nSPS) is 10.9. The van der Waals surface area contributed by atoms with Crippen molar-refractivity contribution in [3.63, 3.8) is 0 Å². The average Bonchev–Trinajstić information content (AvgIpc) is 2.42. The average molecular weight is 244 g/mol. The predicted molar refractivity (Wildman–Crippen MR) is 68.3 cm³/mol. The molecule has 86 valence electrons. The van der Waals surface area contributed by atoms with Crippen LogP contribution < -0.4 is 0 Å². The Morgan fingerprint density at radius 3 is 1.76 bits per heavy atom. The number of hydrogen-bond acceptors (Lipinski definition) is 2. The van der Waals surface area contributed by atoms with Crippen LogP contribution in [-0.2, 0) is 9.09 Å². The van der Waals surface area contributed by atoms with Crippen LogP contribution in [0.5, 0.6) is 0 Å². The van der Waals surface area contributed by atoms with E-state index in [1.165, 1.54) is 11.1 Å². The summed E-state index contributed by atoms with van der Waals surface area (Å²) >= 11 is 0. The van der Waals surface area contributed by atoms with Crippen molar-refractivity contribution in [2.45, 2.75) is 5.92 Å². The van der Waals surface area contributed by atoms with Crippen LogP contribution in [0.2, 0.25) is 0 Å². The number of hydrogen-bond donors (Lipinski definition) is 0. The summed E-state index contributed by atoms with van der Waals surface area (Å²) in [6.45, 7) is 0.416. The Bertz CT molecular complexity index is 417. The third-order valence-electron chi connectivity index (χ3n) is 2.70. The van der Waals surface area contributed by atoms with Gasteiger partial charge in [-0.3, -0.25) is 4.52 Å². The van der Waals surface area contributed by atoms with Crippen molar-refractivity contribution in [2.75, 3.05) is 6.61 Å². The summed E-state index contributed by atoms with van der Waals surface area (Å²) in [6.07, 6.45) is 0. The molecule has 0 spiro atoms. The Hall–Kier alpha value is -1.50. The molecule has 3 heteroatoms. The molecule has 0 aliphatic carbocycles. The largest absolute Gasteiger partial charge is 0.327 e. The van der Waals surface area contributed by atoms with Gasteiger partial charge in [-0.1, -0.05) is 60.7 Å². The van der Waals surface area contributed by atoms with Gasteiger partial charge in [0, 0.05) is 5.92 Å². The molecule has 2 rings (SSSR count). The van der Waals surface area contributed by atoms with Gasteiger partial charge >= 0.3 is 8.69 Å². The van der Waals surface area contributed by atoms with E-state index in [4.69, 9.17) is 4.52 Å². The van der Waals surface area contributed by atoms with E-state index < -0.39 is 0 Å². The zero-order valence-electron chi connectivity index (χ0n) is 9.32. The predicted octanol–water partition coefficient (Wildman–Crippen LogP) is 4.04. The van der Waals surface area contributed by atoms with Gasteiger partial charge in [-0.2, -0.15) is 0 Å². The van der Waals surface area contributed by atoms with E-state index in [9.17, 15) is 4.57 Å². The van der Waals surface area contributed by atoms with Crippen LogP contribution in [0.15, 0.2) is 60.7 Å². The summed E-state index contributed by atoms with van der Waals surface area (Å²) < 4.78 is 15.5. The van der Waals surface area contributed by atoms with Gasteiger partial charge in [0.05, 0.1) is 6.61 Å². The first-order chi connectivity index (χ1) is 8.42. The van der Waals surface area contributed by atoms with Crippen LogP contribution in [0.1, 0.15) is 17.0 Å². The second kappa shape index (κ2) is 6.29. The highest BCUT2D eigenvalue weighted by molar-refractivity contribution is 7.17. The molecule has 0 aromatic heterocycles. The third-order valence-corrected chi connectivity index (χ3v) is 2.95. The maximum Gasteiger partial charge on any atom is 0.327 e. The molecule has 0 atom stereocenters. The lowest BCUT2D eigenvalue weighted by Gasteiger charge is -2.16. The lowest BCUT2D eigenvalue weighted by molar-refractivity contribution is 0.327. The van der Waals surface area contributed by atoms with E-state index >= 15 is 0 Å². The molecule has 0 aliphatic rings. The summed E-state index contributed by atoms with van der Waals surface area (Å²) in [5.41, 5.74) is 2.34. The SMILES string of the molecule is O=POCC(c1ccccc1)c1ccccc1. The molecule has 0 bridgehead atoms. The first kappa shape index (κ1) is 12.0. The molecule has 0 amide bonds. The maximum atomic E-state index is 10.4. The Labute approximate surface area is 103 Å². The minimum absolute atomic E-state index is 0.124. The van der Waals surface area contributed by atoms with Crippen molar-refractivity contribution < 1.29 is 9.09 Å². The van der Waals surface area contributed by atoms with E-state index in [1.807, 2.05) is 36.4 Å². The quantitative estimate of drug-likeness (QED) is 0.742. The van der Waals surface area contributed by atoms with E-state index in [0.717, 1.165) is 0 Å². The maximum absolute atomic E-state index is 10.4. The molecular weight excluding hydrogens is 231 g/mol. The molecule has 2 aromatic rings. The number of benzene rings is 2. The van der Waals surface area contributed by atoms with Gasteiger partial charge in [-0.15, -0.1) is 0 Å². The first-order valence-corrected chi connectivity index (χ1v) is 6.19. The van der Waals surface area contributed by atoms with Crippen molar-refractivity contribution in [1.29, 1.82) is 0 Å². The molecule has 0 aliphatic heterocycles. The molecule has 0 radical (unpaired) electrons. The van der Waals surface area contributed by atoms with Gasteiger partial charge in [0.25, 0.3) is 0 Å². The van der Waals surface area contributed by atoms with E-state index in [1.54, 1.807) is 0 Å². The number of rotatable bonds is 5. The Morgan fingerprint density at radius 1 is 0.882 bits per heavy atom. The molecule has 0 heterocycles. The Balaban J connectivity index is 2.29. The Morgan fingerprint density at radius 2 is 1.35 bits per heavy atom. The zero-order valence-corrected chi connectivity index (χ0v) is 10.2. The topological polar surface area (TPSA) is 26.3 Å². The van der Waals surface area contributed by atoms with Crippen LogP contribution in [0.25, 0.3) is 0 Å². The second-order valence-corrected chi connectivity index (χ2v) is 4.15. The molecule has 17 heavy (non-hydrogen) atoms. The smallest absolute Gasteiger partial charge is 0.293 e. The summed E-state index contributed by atoms with van der Waals surface area (Å²) in [5, 5.41) is 0. The molecule has 0 fully saturated rings. The van der Waals surface area contributed by atoms with Gasteiger partial charge in [0.1, 0.15) is 0 Å². The van der Waals surface area contributed by atoms with Crippen LogP contribution in [0, 0.1) is 0 Å². The highest BCUT2D eigenvalue weighted by Gasteiger charge is 2.13. The highest BCUT2D eigenvalue weighted by Crippen LogP contribution is 2.25. The van der Waals surface area contributed by atoms with Crippen LogP contribution >= 0.6 is 8.69 Å². The van der Waals surface area contributed by atoms with Crippen molar-refractivity contribution in [1.82, 2.24) is 0 Å². The summed E-state index contributed by atoms with van der Waals surface area (Å²) in [5.74, 6) is 0.124. The van der Waals surface area contributed by atoms with Gasteiger partial charge in [-0.05, 0) is 11.1 Å². The van der Waals surface area contributed by atoms with Gasteiger partial charge in [-0.25, -0.2) is 4.57 Å². The molecule has 0 N–H and O–H groups in total. The van der Waals surface area contributed by atoms with Crippen molar-refractivity contribution in [3.8, 4) is 0 Å². The minimum Gasteiger partial charge on any atom is -0.293 e. The second-order valence-electron chi connectivity index (χ2n) is 3.74. The van der Waals surface area contributed by atoms with Crippen LogP contribution in [-0.4, -0.2) is 6.61 Å². The fourth-order valence-corrected chi connectivity index (χ4v) is 2.07. The molecule has 0 unspecified atom stereocenters. The molecule has 0 saturated heterocycles. The van der Waals surface area contributed by atoms with Crippen LogP contribution in [0.4, 0.5) is 0 Å². The van der Waals surface area contributed by atoms with E-state index in [2.05, 4.69) is 24.3 Å². The molecule has 2 nitrogen and oxygen atoms in total. The van der Waals surface area contributed by atoms with Crippen molar-refractivity contribution >= 4 is 8.69 Å². The molecular formula is C14H13O2P. The molecule has 2 aromatic carbocycles. The summed E-state index contributed by atoms with van der Waals surface area (Å²) in [6, 6.07) is 20.2.